The van der Waals surface area contributed by atoms with Crippen molar-refractivity contribution < 1.29 is 24.2 Å². The molecule has 1 atom stereocenters. The van der Waals surface area contributed by atoms with Crippen LogP contribution in [0.2, 0.25) is 0 Å². The van der Waals surface area contributed by atoms with E-state index in [2.05, 4.69) is 10.6 Å². The lowest BCUT2D eigenvalue weighted by molar-refractivity contribution is -0.136. The molecule has 1 aliphatic heterocycles. The van der Waals surface area contributed by atoms with Crippen LogP contribution >= 0.6 is 0 Å². The molecule has 0 aromatic heterocycles. The van der Waals surface area contributed by atoms with Crippen molar-refractivity contribution in [1.29, 1.82) is 0 Å². The first kappa shape index (κ1) is 17.9. The van der Waals surface area contributed by atoms with Crippen LogP contribution in [0, 0.1) is 0 Å². The van der Waals surface area contributed by atoms with Crippen molar-refractivity contribution in [2.24, 2.45) is 0 Å². The quantitative estimate of drug-likeness (QED) is 0.649. The maximum absolute atomic E-state index is 12.6. The molecule has 24 heavy (non-hydrogen) atoms. The number of nitrogens with zero attached hydrogens (tertiary/aromatic N) is 1. The van der Waals surface area contributed by atoms with E-state index in [-0.39, 0.29) is 18.1 Å². The highest BCUT2D eigenvalue weighted by Gasteiger charge is 2.22. The number of ether oxygens (including phenoxy) is 1. The summed E-state index contributed by atoms with van der Waals surface area (Å²) in [5.41, 5.74) is 0.585. The molecule has 8 heteroatoms. The van der Waals surface area contributed by atoms with Crippen LogP contribution in [-0.2, 0) is 14.3 Å². The molecule has 1 unspecified atom stereocenters. The number of nitrogens with one attached hydrogen (secondary N) is 2. The summed E-state index contributed by atoms with van der Waals surface area (Å²) in [5.74, 6) is -1.99. The van der Waals surface area contributed by atoms with Gasteiger partial charge < -0.3 is 25.4 Å². The predicted octanol–water partition coefficient (Wildman–Crippen LogP) is -0.405. The Labute approximate surface area is 139 Å². The van der Waals surface area contributed by atoms with Gasteiger partial charge in [0.1, 0.15) is 0 Å². The van der Waals surface area contributed by atoms with Crippen LogP contribution in [0.5, 0.6) is 0 Å². The second kappa shape index (κ2) is 8.42. The number of aliphatic hydroxyl groups excluding tert-OH is 1. The summed E-state index contributed by atoms with van der Waals surface area (Å²) >= 11 is 0. The summed E-state index contributed by atoms with van der Waals surface area (Å²) in [5, 5.41) is 13.9. The minimum Gasteiger partial charge on any atom is -0.392 e. The molecular formula is C16H21N3O5. The molecule has 0 radical (unpaired) electrons. The molecule has 3 N–H and O–H groups in total. The number of carbonyl (C=O) groups is 3. The Morgan fingerprint density at radius 1 is 1.21 bits per heavy atom. The first-order chi connectivity index (χ1) is 11.5. The van der Waals surface area contributed by atoms with Gasteiger partial charge in [0.2, 0.25) is 0 Å². The fraction of sp³-hybridized carbons (Fsp3) is 0.438. The van der Waals surface area contributed by atoms with Gasteiger partial charge in [-0.3, -0.25) is 14.4 Å². The highest BCUT2D eigenvalue weighted by atomic mass is 16.5. The Morgan fingerprint density at radius 2 is 1.88 bits per heavy atom. The molecule has 1 saturated heterocycles. The van der Waals surface area contributed by atoms with Crippen LogP contribution in [0.15, 0.2) is 24.3 Å². The van der Waals surface area contributed by atoms with E-state index >= 15 is 0 Å². The average molecular weight is 335 g/mol. The van der Waals surface area contributed by atoms with E-state index in [1.165, 1.54) is 6.92 Å². The average Bonchev–Trinajstić information content (AvgIpc) is 2.60. The van der Waals surface area contributed by atoms with Gasteiger partial charge in [-0.2, -0.15) is 0 Å². The van der Waals surface area contributed by atoms with E-state index in [1.54, 1.807) is 29.2 Å². The Kier molecular flexibility index (Phi) is 6.28. The van der Waals surface area contributed by atoms with Crippen molar-refractivity contribution in [1.82, 2.24) is 10.2 Å². The van der Waals surface area contributed by atoms with Crippen molar-refractivity contribution >= 4 is 23.4 Å². The van der Waals surface area contributed by atoms with Crippen molar-refractivity contribution in [3.63, 3.8) is 0 Å². The maximum Gasteiger partial charge on any atom is 0.313 e. The molecule has 1 aromatic rings. The maximum atomic E-state index is 12.6. The highest BCUT2D eigenvalue weighted by molar-refractivity contribution is 6.40. The van der Waals surface area contributed by atoms with Crippen LogP contribution in [0.4, 0.5) is 5.69 Å². The van der Waals surface area contributed by atoms with Gasteiger partial charge in [0.05, 0.1) is 30.6 Å². The van der Waals surface area contributed by atoms with E-state index in [0.717, 1.165) is 0 Å². The summed E-state index contributed by atoms with van der Waals surface area (Å²) in [7, 11) is 0. The van der Waals surface area contributed by atoms with Gasteiger partial charge in [-0.05, 0) is 19.1 Å². The number of amides is 3. The minimum atomic E-state index is -0.891. The third-order valence-corrected chi connectivity index (χ3v) is 3.47. The van der Waals surface area contributed by atoms with Gasteiger partial charge in [0.25, 0.3) is 5.91 Å². The lowest BCUT2D eigenvalue weighted by Gasteiger charge is -2.27. The molecule has 1 aliphatic rings. The molecule has 1 heterocycles. The van der Waals surface area contributed by atoms with Crippen LogP contribution in [0.3, 0.4) is 0 Å². The molecule has 0 saturated carbocycles. The van der Waals surface area contributed by atoms with Crippen molar-refractivity contribution in [3.05, 3.63) is 29.8 Å². The molecule has 0 spiro atoms. The van der Waals surface area contributed by atoms with Crippen molar-refractivity contribution in [2.45, 2.75) is 13.0 Å². The largest absolute Gasteiger partial charge is 0.392 e. The number of hydrogen-bond donors (Lipinski definition) is 3. The Balaban J connectivity index is 2.06. The predicted molar refractivity (Wildman–Crippen MR) is 86.5 cm³/mol. The molecule has 1 fully saturated rings. The monoisotopic (exact) mass is 335 g/mol. The SMILES string of the molecule is CC(O)CNC(=O)C(=O)Nc1ccccc1C(=O)N1CCOCC1. The Morgan fingerprint density at radius 3 is 2.54 bits per heavy atom. The Hall–Kier alpha value is -2.45. The second-order valence-corrected chi connectivity index (χ2v) is 5.46. The molecule has 3 amide bonds. The van der Waals surface area contributed by atoms with Crippen LogP contribution in [0.1, 0.15) is 17.3 Å². The summed E-state index contributed by atoms with van der Waals surface area (Å²) in [6, 6.07) is 6.52. The van der Waals surface area contributed by atoms with Crippen molar-refractivity contribution in [2.75, 3.05) is 38.2 Å². The number of aliphatic hydroxyl groups is 1. The van der Waals surface area contributed by atoms with E-state index in [0.29, 0.717) is 31.9 Å². The number of hydrogen-bond acceptors (Lipinski definition) is 5. The van der Waals surface area contributed by atoms with Crippen LogP contribution in [0.25, 0.3) is 0 Å². The number of morpholine rings is 1. The number of carbonyl (C=O) groups excluding carboxylic acids is 3. The van der Waals surface area contributed by atoms with Gasteiger partial charge in [-0.25, -0.2) is 0 Å². The smallest absolute Gasteiger partial charge is 0.313 e. The molecule has 0 bridgehead atoms. The molecule has 2 rings (SSSR count). The molecule has 8 nitrogen and oxygen atoms in total. The molecule has 130 valence electrons. The third-order valence-electron chi connectivity index (χ3n) is 3.47. The summed E-state index contributed by atoms with van der Waals surface area (Å²) in [6.45, 7) is 3.38. The lowest BCUT2D eigenvalue weighted by Crippen LogP contribution is -2.41. The van der Waals surface area contributed by atoms with Crippen LogP contribution in [-0.4, -0.2) is 66.7 Å². The van der Waals surface area contributed by atoms with Crippen LogP contribution < -0.4 is 10.6 Å². The zero-order valence-electron chi connectivity index (χ0n) is 13.4. The normalized spacial score (nSPS) is 15.5. The van der Waals surface area contributed by atoms with Gasteiger partial charge in [-0.1, -0.05) is 12.1 Å². The number of rotatable bonds is 4. The van der Waals surface area contributed by atoms with E-state index < -0.39 is 17.9 Å². The number of para-hydroxylation sites is 1. The van der Waals surface area contributed by atoms with E-state index in [9.17, 15) is 14.4 Å². The van der Waals surface area contributed by atoms with Gasteiger partial charge in [-0.15, -0.1) is 0 Å². The minimum absolute atomic E-state index is 0.0272. The standard InChI is InChI=1S/C16H21N3O5/c1-11(20)10-17-14(21)15(22)18-13-5-3-2-4-12(13)16(23)19-6-8-24-9-7-19/h2-5,11,20H,6-10H2,1H3,(H,17,21)(H,18,22). The first-order valence-corrected chi connectivity index (χ1v) is 7.72. The summed E-state index contributed by atoms with van der Waals surface area (Å²) in [6.07, 6.45) is -0.753. The highest BCUT2D eigenvalue weighted by Crippen LogP contribution is 2.18. The first-order valence-electron chi connectivity index (χ1n) is 7.72. The Bertz CT molecular complexity index is 611. The lowest BCUT2D eigenvalue weighted by atomic mass is 10.1. The molecular weight excluding hydrogens is 314 g/mol. The zero-order valence-corrected chi connectivity index (χ0v) is 13.4. The molecule has 0 aliphatic carbocycles. The zero-order chi connectivity index (χ0) is 17.5. The summed E-state index contributed by atoms with van der Waals surface area (Å²) in [4.78, 5) is 37.8. The third kappa shape index (κ3) is 4.77. The molecule has 1 aromatic carbocycles. The van der Waals surface area contributed by atoms with E-state index in [1.807, 2.05) is 0 Å². The topological polar surface area (TPSA) is 108 Å². The fourth-order valence-corrected chi connectivity index (χ4v) is 2.22. The second-order valence-electron chi connectivity index (χ2n) is 5.46. The van der Waals surface area contributed by atoms with Gasteiger partial charge >= 0.3 is 11.8 Å². The number of anilines is 1. The summed E-state index contributed by atoms with van der Waals surface area (Å²) < 4.78 is 5.22. The number of benzene rings is 1. The van der Waals surface area contributed by atoms with Gasteiger partial charge in [0.15, 0.2) is 0 Å². The van der Waals surface area contributed by atoms with E-state index in [4.69, 9.17) is 9.84 Å². The van der Waals surface area contributed by atoms with Gasteiger partial charge in [0, 0.05) is 19.6 Å². The fourth-order valence-electron chi connectivity index (χ4n) is 2.22. The van der Waals surface area contributed by atoms with Crippen molar-refractivity contribution in [3.8, 4) is 0 Å².